The average molecular weight is 850 g/mol. The first-order valence-corrected chi connectivity index (χ1v) is 18.9. The molecule has 0 radical (unpaired) electrons. The van der Waals surface area contributed by atoms with Gasteiger partial charge < -0.3 is 119 Å². The summed E-state index contributed by atoms with van der Waals surface area (Å²) in [6, 6.07) is -0.837. The summed E-state index contributed by atoms with van der Waals surface area (Å²) in [5, 5.41) is 158. The van der Waals surface area contributed by atoms with Crippen molar-refractivity contribution in [2.75, 3.05) is 33.0 Å². The Balaban J connectivity index is 1.28. The standard InChI is InChI=1S/C33H55NO24/c1-8-2-9-15(34-8)20(43)27(13(6-38)51-9)56-32-26(49)28(19(42)14(55-32)7-50-30-24(47)21(44)16(39)10(3-35)52-30)57-33-29(23(46)18(41)12(5-37)54-33)58-31-25(48)22(45)17(40)11(4-36)53-31/h9-33,35-49H,2-7H2,1H3/t9-,10?,11+,12+,13?,14?,15?,16-,17-,18-,19-,20-,21+,22?,23?,24?,25?,26?,27-,28+,29?,30+,31-,32+,33-/m1/s1. The first kappa shape index (κ1) is 46.2. The van der Waals surface area contributed by atoms with E-state index in [-0.39, 0.29) is 0 Å². The smallest absolute Gasteiger partial charge is 0.187 e. The molecule has 0 spiro atoms. The molecule has 6 heterocycles. The van der Waals surface area contributed by atoms with Crippen molar-refractivity contribution in [3.05, 3.63) is 0 Å². The minimum atomic E-state index is -2.08. The summed E-state index contributed by atoms with van der Waals surface area (Å²) >= 11 is 0. The Morgan fingerprint density at radius 3 is 1.50 bits per heavy atom. The van der Waals surface area contributed by atoms with Crippen molar-refractivity contribution in [2.45, 2.75) is 167 Å². The van der Waals surface area contributed by atoms with E-state index in [2.05, 4.69) is 4.99 Å². The number of hydrogen-bond donors (Lipinski definition) is 15. The van der Waals surface area contributed by atoms with Gasteiger partial charge in [-0.3, -0.25) is 4.99 Å². The van der Waals surface area contributed by atoms with Crippen LogP contribution in [0.5, 0.6) is 0 Å². The SMILES string of the molecule is CC1=NC2[C@@H](O)[C@H](O[C@@H]3OC(CO[C@H]4OC(CO)[C@@H](O)[C@H](O)C4O)[C@@H](O)[C@H](O[C@H]4O[C@@H](CO)[C@@H](O)C(O)C4O[C@H]4O[C@@H](CO)[C@@H](O)C(O)C4O)C3O)C(CO)O[C@@H]2C1. The minimum absolute atomic E-state index is 0.357. The second-order valence-corrected chi connectivity index (χ2v) is 15.2. The largest absolute Gasteiger partial charge is 0.394 e. The van der Waals surface area contributed by atoms with Crippen molar-refractivity contribution >= 4 is 5.71 Å². The number of hydrogen-bond acceptors (Lipinski definition) is 25. The number of aliphatic hydroxyl groups is 15. The number of fused-ring (bicyclic) bond motifs is 1. The van der Waals surface area contributed by atoms with Crippen LogP contribution in [0, 0.1) is 0 Å². The Morgan fingerprint density at radius 1 is 0.448 bits per heavy atom. The monoisotopic (exact) mass is 849 g/mol. The van der Waals surface area contributed by atoms with Crippen LogP contribution < -0.4 is 0 Å². The number of aliphatic imine (C=N–C) groups is 1. The van der Waals surface area contributed by atoms with Crippen molar-refractivity contribution in [1.82, 2.24) is 0 Å². The van der Waals surface area contributed by atoms with Crippen LogP contribution in [0.2, 0.25) is 0 Å². The van der Waals surface area contributed by atoms with Crippen LogP contribution in [0.25, 0.3) is 0 Å². The zero-order valence-electron chi connectivity index (χ0n) is 31.0. The van der Waals surface area contributed by atoms with E-state index < -0.39 is 186 Å². The maximum absolute atomic E-state index is 11.7. The fourth-order valence-electron chi connectivity index (χ4n) is 7.92. The highest BCUT2D eigenvalue weighted by Crippen LogP contribution is 2.37. The Labute approximate surface area is 329 Å². The van der Waals surface area contributed by atoms with Crippen molar-refractivity contribution in [2.24, 2.45) is 4.99 Å². The number of rotatable bonds is 13. The van der Waals surface area contributed by atoms with Crippen molar-refractivity contribution in [1.29, 1.82) is 0 Å². The molecule has 6 aliphatic rings. The fourth-order valence-corrected chi connectivity index (χ4v) is 7.92. The van der Waals surface area contributed by atoms with Gasteiger partial charge >= 0.3 is 0 Å². The van der Waals surface area contributed by atoms with Gasteiger partial charge in [0.2, 0.25) is 0 Å². The highest BCUT2D eigenvalue weighted by molar-refractivity contribution is 5.84. The maximum Gasteiger partial charge on any atom is 0.187 e. The van der Waals surface area contributed by atoms with Gasteiger partial charge in [0.15, 0.2) is 25.2 Å². The summed E-state index contributed by atoms with van der Waals surface area (Å²) < 4.78 is 51.6. The summed E-state index contributed by atoms with van der Waals surface area (Å²) in [5.41, 5.74) is 0.656. The molecule has 15 N–H and O–H groups in total. The van der Waals surface area contributed by atoms with Crippen LogP contribution in [0.1, 0.15) is 13.3 Å². The third-order valence-electron chi connectivity index (χ3n) is 11.3. The lowest BCUT2D eigenvalue weighted by molar-refractivity contribution is -0.395. The topological polar surface area (TPSA) is 399 Å². The van der Waals surface area contributed by atoms with Gasteiger partial charge in [-0.15, -0.1) is 0 Å². The number of ether oxygens (including phenoxy) is 9. The van der Waals surface area contributed by atoms with E-state index in [1.54, 1.807) is 6.92 Å². The molecule has 0 aromatic rings. The van der Waals surface area contributed by atoms with Crippen LogP contribution >= 0.6 is 0 Å². The van der Waals surface area contributed by atoms with Crippen molar-refractivity contribution in [3.63, 3.8) is 0 Å². The van der Waals surface area contributed by atoms with Crippen LogP contribution in [-0.4, -0.2) is 269 Å². The molecule has 10 unspecified atom stereocenters. The van der Waals surface area contributed by atoms with Gasteiger partial charge in [0.05, 0.1) is 39.1 Å². The van der Waals surface area contributed by atoms with Crippen LogP contribution in [0.3, 0.4) is 0 Å². The van der Waals surface area contributed by atoms with Gasteiger partial charge in [-0.2, -0.15) is 0 Å². The molecule has 25 atom stereocenters. The zero-order chi connectivity index (χ0) is 42.3. The number of aliphatic hydroxyl groups excluding tert-OH is 15. The van der Waals surface area contributed by atoms with Gasteiger partial charge in [-0.1, -0.05) is 0 Å². The lowest BCUT2D eigenvalue weighted by atomic mass is 9.92. The summed E-state index contributed by atoms with van der Waals surface area (Å²) in [4.78, 5) is 4.40. The van der Waals surface area contributed by atoms with Gasteiger partial charge in [0.25, 0.3) is 0 Å². The molecule has 0 aromatic carbocycles. The molecule has 25 heteroatoms. The van der Waals surface area contributed by atoms with E-state index in [1.165, 1.54) is 0 Å². The highest BCUT2D eigenvalue weighted by Gasteiger charge is 2.56. The molecule has 5 fully saturated rings. The molecule has 0 bridgehead atoms. The summed E-state index contributed by atoms with van der Waals surface area (Å²) in [6.45, 7) is -2.30. The fraction of sp³-hybridized carbons (Fsp3) is 0.970. The van der Waals surface area contributed by atoms with E-state index in [9.17, 15) is 76.6 Å². The van der Waals surface area contributed by atoms with E-state index >= 15 is 0 Å². The number of nitrogens with zero attached hydrogens (tertiary/aromatic N) is 1. The highest BCUT2D eigenvalue weighted by atomic mass is 16.8. The van der Waals surface area contributed by atoms with Crippen LogP contribution in [0.4, 0.5) is 0 Å². The normalized spacial score (nSPS) is 52.6. The predicted octanol–water partition coefficient (Wildman–Crippen LogP) is -10.0. The Kier molecular flexibility index (Phi) is 15.5. The average Bonchev–Trinajstić information content (AvgIpc) is 3.60. The van der Waals surface area contributed by atoms with E-state index in [0.717, 1.165) is 0 Å². The third-order valence-corrected chi connectivity index (χ3v) is 11.3. The molecule has 25 nitrogen and oxygen atoms in total. The second kappa shape index (κ2) is 19.4. The van der Waals surface area contributed by atoms with Gasteiger partial charge in [0.1, 0.15) is 122 Å². The molecule has 0 saturated carbocycles. The zero-order valence-corrected chi connectivity index (χ0v) is 31.0. The summed E-state index contributed by atoms with van der Waals surface area (Å²) in [5.74, 6) is 0. The predicted molar refractivity (Wildman–Crippen MR) is 180 cm³/mol. The lowest BCUT2D eigenvalue weighted by Gasteiger charge is -2.49. The molecule has 5 saturated heterocycles. The molecule has 6 rings (SSSR count). The van der Waals surface area contributed by atoms with Crippen molar-refractivity contribution < 1.29 is 119 Å². The first-order chi connectivity index (χ1) is 27.5. The third kappa shape index (κ3) is 9.10. The van der Waals surface area contributed by atoms with Gasteiger partial charge in [0, 0.05) is 12.1 Å². The first-order valence-electron chi connectivity index (χ1n) is 18.9. The molecule has 0 amide bonds. The van der Waals surface area contributed by atoms with Crippen molar-refractivity contribution in [3.8, 4) is 0 Å². The van der Waals surface area contributed by atoms with E-state index in [0.29, 0.717) is 12.1 Å². The minimum Gasteiger partial charge on any atom is -0.394 e. The van der Waals surface area contributed by atoms with E-state index in [1.807, 2.05) is 0 Å². The quantitative estimate of drug-likeness (QED) is 0.0818. The molecular weight excluding hydrogens is 794 g/mol. The van der Waals surface area contributed by atoms with Gasteiger partial charge in [-0.25, -0.2) is 0 Å². The molecular formula is C33H55NO24. The molecule has 58 heavy (non-hydrogen) atoms. The summed E-state index contributed by atoms with van der Waals surface area (Å²) in [7, 11) is 0. The Morgan fingerprint density at radius 2 is 0.914 bits per heavy atom. The lowest BCUT2D eigenvalue weighted by Crippen LogP contribution is -2.68. The Bertz CT molecular complexity index is 1350. The van der Waals surface area contributed by atoms with Gasteiger partial charge in [-0.05, 0) is 6.92 Å². The molecule has 336 valence electrons. The van der Waals surface area contributed by atoms with Crippen LogP contribution in [-0.2, 0) is 42.6 Å². The Hall–Kier alpha value is -1.29. The molecule has 0 aromatic heterocycles. The maximum atomic E-state index is 11.7. The second-order valence-electron chi connectivity index (χ2n) is 15.2. The molecule has 0 aliphatic carbocycles. The van der Waals surface area contributed by atoms with Crippen LogP contribution in [0.15, 0.2) is 4.99 Å². The summed E-state index contributed by atoms with van der Waals surface area (Å²) in [6.07, 6.45) is -41.1. The van der Waals surface area contributed by atoms with E-state index in [4.69, 9.17) is 42.6 Å². The molecule has 6 aliphatic heterocycles.